The summed E-state index contributed by atoms with van der Waals surface area (Å²) in [6.07, 6.45) is 0. The number of benzene rings is 3. The molecule has 0 radical (unpaired) electrons. The number of sulfonamides is 1. The molecule has 1 N–H and O–H groups in total. The Morgan fingerprint density at radius 3 is 2.21 bits per heavy atom. The van der Waals surface area contributed by atoms with Crippen LogP contribution in [0.15, 0.2) is 65.6 Å². The van der Waals surface area contributed by atoms with E-state index < -0.39 is 10.0 Å². The predicted octanol–water partition coefficient (Wildman–Crippen LogP) is 4.46. The first-order valence-corrected chi connectivity index (χ1v) is 11.8. The molecule has 7 nitrogen and oxygen atoms in total. The van der Waals surface area contributed by atoms with Crippen molar-refractivity contribution in [3.8, 4) is 11.5 Å². The second-order valence-electron chi connectivity index (χ2n) is 7.77. The zero-order valence-corrected chi connectivity index (χ0v) is 20.2. The van der Waals surface area contributed by atoms with Crippen LogP contribution >= 0.6 is 0 Å². The molecule has 3 rings (SSSR count). The number of hydrogen-bond donors (Lipinski definition) is 1. The average molecular weight is 469 g/mol. The van der Waals surface area contributed by atoms with Gasteiger partial charge in [-0.05, 0) is 92.1 Å². The van der Waals surface area contributed by atoms with Crippen LogP contribution in [0, 0.1) is 20.8 Å². The fourth-order valence-corrected chi connectivity index (χ4v) is 4.29. The smallest absolute Gasteiger partial charge is 0.264 e. The van der Waals surface area contributed by atoms with Gasteiger partial charge in [-0.2, -0.15) is 0 Å². The van der Waals surface area contributed by atoms with Crippen LogP contribution in [0.5, 0.6) is 11.5 Å². The normalized spacial score (nSPS) is 11.1. The van der Waals surface area contributed by atoms with Gasteiger partial charge >= 0.3 is 0 Å². The molecule has 8 heteroatoms. The Hall–Kier alpha value is -3.52. The Morgan fingerprint density at radius 2 is 1.61 bits per heavy atom. The molecule has 0 saturated heterocycles. The molecular formula is C25H28N2O5S. The van der Waals surface area contributed by atoms with Gasteiger partial charge in [0.2, 0.25) is 0 Å². The highest BCUT2D eigenvalue weighted by Crippen LogP contribution is 2.25. The molecule has 0 atom stereocenters. The maximum Gasteiger partial charge on any atom is 0.264 e. The lowest BCUT2D eigenvalue weighted by atomic mass is 10.1. The first kappa shape index (κ1) is 24.1. The summed E-state index contributed by atoms with van der Waals surface area (Å²) < 4.78 is 39.0. The number of ether oxygens (including phenoxy) is 2. The summed E-state index contributed by atoms with van der Waals surface area (Å²) in [5.41, 5.74) is 3.91. The van der Waals surface area contributed by atoms with E-state index in [0.29, 0.717) is 28.4 Å². The lowest BCUT2D eigenvalue weighted by Crippen LogP contribution is -2.31. The van der Waals surface area contributed by atoms with Gasteiger partial charge < -0.3 is 14.4 Å². The summed E-state index contributed by atoms with van der Waals surface area (Å²) in [5, 5.41) is 0. The lowest BCUT2D eigenvalue weighted by molar-refractivity contribution is -0.120. The molecule has 174 valence electrons. The predicted molar refractivity (Wildman–Crippen MR) is 130 cm³/mol. The van der Waals surface area contributed by atoms with Crippen molar-refractivity contribution >= 4 is 27.3 Å². The first-order chi connectivity index (χ1) is 15.6. The Labute approximate surface area is 195 Å². The summed E-state index contributed by atoms with van der Waals surface area (Å²) in [7, 11) is -0.519. The minimum atomic E-state index is -3.76. The van der Waals surface area contributed by atoms with Gasteiger partial charge in [0.25, 0.3) is 15.9 Å². The van der Waals surface area contributed by atoms with Crippen molar-refractivity contribution < 1.29 is 22.7 Å². The van der Waals surface area contributed by atoms with Gasteiger partial charge in [0.1, 0.15) is 11.5 Å². The second-order valence-corrected chi connectivity index (χ2v) is 9.45. The zero-order chi connectivity index (χ0) is 24.2. The van der Waals surface area contributed by atoms with Crippen LogP contribution < -0.4 is 19.1 Å². The molecule has 33 heavy (non-hydrogen) atoms. The average Bonchev–Trinajstić information content (AvgIpc) is 2.79. The molecule has 0 heterocycles. The Bertz CT molecular complexity index is 1250. The summed E-state index contributed by atoms with van der Waals surface area (Å²) in [6, 6.07) is 17.1. The van der Waals surface area contributed by atoms with Crippen molar-refractivity contribution in [3.63, 3.8) is 0 Å². The van der Waals surface area contributed by atoms with Crippen molar-refractivity contribution in [1.82, 2.24) is 0 Å². The van der Waals surface area contributed by atoms with E-state index in [-0.39, 0.29) is 17.4 Å². The lowest BCUT2D eigenvalue weighted by Gasteiger charge is -2.18. The number of amides is 1. The molecule has 0 spiro atoms. The minimum absolute atomic E-state index is 0.118. The number of rotatable bonds is 8. The molecular weight excluding hydrogens is 440 g/mol. The van der Waals surface area contributed by atoms with Gasteiger partial charge in [0.05, 0.1) is 12.0 Å². The highest BCUT2D eigenvalue weighted by Gasteiger charge is 2.17. The molecule has 3 aromatic carbocycles. The number of anilines is 2. The van der Waals surface area contributed by atoms with Crippen LogP contribution in [-0.4, -0.2) is 35.1 Å². The maximum absolute atomic E-state index is 12.8. The Balaban J connectivity index is 1.67. The second kappa shape index (κ2) is 9.95. The van der Waals surface area contributed by atoms with Gasteiger partial charge in [-0.3, -0.25) is 9.52 Å². The third-order valence-corrected chi connectivity index (χ3v) is 6.78. The highest BCUT2D eigenvalue weighted by molar-refractivity contribution is 7.92. The summed E-state index contributed by atoms with van der Waals surface area (Å²) >= 11 is 0. The van der Waals surface area contributed by atoms with E-state index in [1.54, 1.807) is 63.5 Å². The molecule has 0 bridgehead atoms. The first-order valence-electron chi connectivity index (χ1n) is 10.3. The van der Waals surface area contributed by atoms with E-state index in [1.165, 1.54) is 17.0 Å². The molecule has 0 aliphatic rings. The monoisotopic (exact) mass is 468 g/mol. The molecule has 3 aromatic rings. The van der Waals surface area contributed by atoms with Gasteiger partial charge in [-0.15, -0.1) is 0 Å². The number of carbonyl (C=O) groups excluding carboxylic acids is 1. The van der Waals surface area contributed by atoms with Crippen LogP contribution in [0.3, 0.4) is 0 Å². The van der Waals surface area contributed by atoms with Gasteiger partial charge in [0, 0.05) is 18.4 Å². The Morgan fingerprint density at radius 1 is 0.909 bits per heavy atom. The third kappa shape index (κ3) is 5.84. The van der Waals surface area contributed by atoms with Crippen LogP contribution in [0.1, 0.15) is 16.7 Å². The molecule has 1 amide bonds. The van der Waals surface area contributed by atoms with E-state index in [2.05, 4.69) is 4.72 Å². The number of carbonyl (C=O) groups is 1. The number of likely N-dealkylation sites (N-methyl/N-ethyl adjacent to an activating group) is 1. The highest BCUT2D eigenvalue weighted by atomic mass is 32.2. The zero-order valence-electron chi connectivity index (χ0n) is 19.4. The number of methoxy groups -OCH3 is 1. The number of aryl methyl sites for hydroxylation is 3. The van der Waals surface area contributed by atoms with E-state index in [9.17, 15) is 13.2 Å². The number of nitrogens with zero attached hydrogens (tertiary/aromatic N) is 1. The fraction of sp³-hybridized carbons (Fsp3) is 0.240. The Kier molecular flexibility index (Phi) is 7.28. The van der Waals surface area contributed by atoms with Gasteiger partial charge in [-0.1, -0.05) is 6.07 Å². The van der Waals surface area contributed by atoms with E-state index >= 15 is 0 Å². The molecule has 0 aromatic heterocycles. The molecule has 0 aliphatic heterocycles. The largest absolute Gasteiger partial charge is 0.497 e. The van der Waals surface area contributed by atoms with Crippen molar-refractivity contribution in [2.45, 2.75) is 25.7 Å². The van der Waals surface area contributed by atoms with E-state index in [1.807, 2.05) is 19.9 Å². The van der Waals surface area contributed by atoms with E-state index in [4.69, 9.17) is 9.47 Å². The minimum Gasteiger partial charge on any atom is -0.497 e. The summed E-state index contributed by atoms with van der Waals surface area (Å²) in [4.78, 5) is 14.1. The maximum atomic E-state index is 12.8. The molecule has 0 saturated carbocycles. The quantitative estimate of drug-likeness (QED) is 0.528. The summed E-state index contributed by atoms with van der Waals surface area (Å²) in [6.45, 7) is 5.45. The van der Waals surface area contributed by atoms with Crippen LogP contribution in [0.25, 0.3) is 0 Å². The van der Waals surface area contributed by atoms with Crippen molar-refractivity contribution in [1.29, 1.82) is 0 Å². The van der Waals surface area contributed by atoms with Crippen molar-refractivity contribution in [3.05, 3.63) is 77.4 Å². The topological polar surface area (TPSA) is 84.9 Å². The standard InChI is InChI=1S/C25H28N2O5S/c1-17-6-7-20(14-18(17)2)26-33(29,30)23-12-13-24(19(3)15-23)32-16-25(28)27(4)21-8-10-22(31-5)11-9-21/h6-15,26H,16H2,1-5H3. The van der Waals surface area contributed by atoms with E-state index in [0.717, 1.165) is 11.1 Å². The fourth-order valence-electron chi connectivity index (χ4n) is 3.16. The third-order valence-electron chi connectivity index (χ3n) is 5.40. The van der Waals surface area contributed by atoms with Crippen LogP contribution in [0.2, 0.25) is 0 Å². The number of nitrogens with one attached hydrogen (secondary N) is 1. The SMILES string of the molecule is COc1ccc(N(C)C(=O)COc2ccc(S(=O)(=O)Nc3ccc(C)c(C)c3)cc2C)cc1. The molecule has 0 fully saturated rings. The summed E-state index contributed by atoms with van der Waals surface area (Å²) in [5.74, 6) is 0.901. The van der Waals surface area contributed by atoms with Crippen LogP contribution in [-0.2, 0) is 14.8 Å². The number of hydrogen-bond acceptors (Lipinski definition) is 5. The van der Waals surface area contributed by atoms with Gasteiger partial charge in [0.15, 0.2) is 6.61 Å². The van der Waals surface area contributed by atoms with Crippen LogP contribution in [0.4, 0.5) is 11.4 Å². The molecule has 0 unspecified atom stereocenters. The van der Waals surface area contributed by atoms with Crippen molar-refractivity contribution in [2.24, 2.45) is 0 Å². The molecule has 0 aliphatic carbocycles. The van der Waals surface area contributed by atoms with Gasteiger partial charge in [-0.25, -0.2) is 8.42 Å². The van der Waals surface area contributed by atoms with Crippen molar-refractivity contribution in [2.75, 3.05) is 30.4 Å².